The van der Waals surface area contributed by atoms with Crippen LogP contribution >= 0.6 is 11.3 Å². The molecule has 2 heterocycles. The van der Waals surface area contributed by atoms with Gasteiger partial charge in [-0.3, -0.25) is 0 Å². The first-order chi connectivity index (χ1) is 8.79. The molecule has 2 aromatic heterocycles. The molecule has 0 fully saturated rings. The summed E-state index contributed by atoms with van der Waals surface area (Å²) in [4.78, 5) is 4.47. The molecule has 0 amide bonds. The van der Waals surface area contributed by atoms with Crippen LogP contribution in [0.5, 0.6) is 0 Å². The van der Waals surface area contributed by atoms with Gasteiger partial charge in [-0.2, -0.15) is 15.0 Å². The number of benzene rings is 1. The minimum Gasteiger partial charge on any atom is -0.383 e. The molecule has 1 aromatic carbocycles. The highest BCUT2D eigenvalue weighted by Crippen LogP contribution is 2.26. The van der Waals surface area contributed by atoms with Gasteiger partial charge in [-0.25, -0.2) is 4.98 Å². The lowest BCUT2D eigenvalue weighted by atomic mass is 10.2. The Bertz CT molecular complexity index is 716. The van der Waals surface area contributed by atoms with E-state index in [9.17, 15) is 0 Å². The summed E-state index contributed by atoms with van der Waals surface area (Å²) in [6.45, 7) is 0. The Kier molecular flexibility index (Phi) is 2.46. The molecule has 6 heteroatoms. The van der Waals surface area contributed by atoms with E-state index in [4.69, 9.17) is 11.0 Å². The van der Waals surface area contributed by atoms with Crippen LogP contribution in [0.2, 0.25) is 0 Å². The number of aromatic nitrogens is 3. The Hall–Kier alpha value is -2.39. The average Bonchev–Trinajstić information content (AvgIpc) is 2.94. The third kappa shape index (κ3) is 1.61. The van der Waals surface area contributed by atoms with Crippen molar-refractivity contribution >= 4 is 27.4 Å². The summed E-state index contributed by atoms with van der Waals surface area (Å²) in [6, 6.07) is 9.94. The van der Waals surface area contributed by atoms with Crippen LogP contribution in [0.15, 0.2) is 30.5 Å². The van der Waals surface area contributed by atoms with Gasteiger partial charge in [0.2, 0.25) is 5.13 Å². The van der Waals surface area contributed by atoms with Crippen molar-refractivity contribution in [1.82, 2.24) is 14.8 Å². The van der Waals surface area contributed by atoms with Gasteiger partial charge < -0.3 is 5.73 Å². The summed E-state index contributed by atoms with van der Waals surface area (Å²) in [5.41, 5.74) is 7.62. The maximum Gasteiger partial charge on any atom is 0.213 e. The van der Waals surface area contributed by atoms with Gasteiger partial charge in [-0.1, -0.05) is 23.5 Å². The number of hydrogen-bond donors (Lipinski definition) is 1. The Morgan fingerprint density at radius 1 is 1.39 bits per heavy atom. The van der Waals surface area contributed by atoms with Crippen molar-refractivity contribution in [2.24, 2.45) is 0 Å². The van der Waals surface area contributed by atoms with Gasteiger partial charge in [0.15, 0.2) is 0 Å². The zero-order valence-electron chi connectivity index (χ0n) is 9.37. The van der Waals surface area contributed by atoms with Crippen LogP contribution in [0.4, 0.5) is 5.82 Å². The topological polar surface area (TPSA) is 80.5 Å². The largest absolute Gasteiger partial charge is 0.383 e. The van der Waals surface area contributed by atoms with Crippen LogP contribution in [0, 0.1) is 11.3 Å². The van der Waals surface area contributed by atoms with Crippen LogP contribution in [0.1, 0.15) is 5.56 Å². The minimum absolute atomic E-state index is 0.261. The SMILES string of the molecule is N#CCc1cnn(-c2nc3ccccc3s2)c1N. The molecule has 0 radical (unpaired) electrons. The molecule has 18 heavy (non-hydrogen) atoms. The van der Waals surface area contributed by atoms with Gasteiger partial charge in [-0.15, -0.1) is 0 Å². The molecule has 0 saturated heterocycles. The van der Waals surface area contributed by atoms with Crippen molar-refractivity contribution in [2.75, 3.05) is 5.73 Å². The van der Waals surface area contributed by atoms with E-state index in [1.54, 1.807) is 10.9 Å². The Morgan fingerprint density at radius 3 is 3.00 bits per heavy atom. The van der Waals surface area contributed by atoms with E-state index in [0.29, 0.717) is 5.82 Å². The predicted octanol–water partition coefficient (Wildman–Crippen LogP) is 2.13. The van der Waals surface area contributed by atoms with Crippen LogP contribution in [-0.4, -0.2) is 14.8 Å². The second kappa shape index (κ2) is 4.13. The third-order valence-electron chi connectivity index (χ3n) is 2.62. The second-order valence-corrected chi connectivity index (χ2v) is 4.78. The summed E-state index contributed by atoms with van der Waals surface area (Å²) in [5.74, 6) is 0.482. The van der Waals surface area contributed by atoms with E-state index >= 15 is 0 Å². The summed E-state index contributed by atoms with van der Waals surface area (Å²) >= 11 is 1.52. The number of thiazole rings is 1. The number of nitriles is 1. The van der Waals surface area contributed by atoms with Gasteiger partial charge in [0.05, 0.1) is 28.9 Å². The van der Waals surface area contributed by atoms with Gasteiger partial charge in [0.1, 0.15) is 5.82 Å². The first-order valence-electron chi connectivity index (χ1n) is 5.35. The molecular weight excluding hydrogens is 246 g/mol. The molecular formula is C12H9N5S. The molecule has 0 bridgehead atoms. The van der Waals surface area contributed by atoms with Gasteiger partial charge in [0.25, 0.3) is 0 Å². The Balaban J connectivity index is 2.12. The normalized spacial score (nSPS) is 10.6. The second-order valence-electron chi connectivity index (χ2n) is 3.77. The summed E-state index contributed by atoms with van der Waals surface area (Å²) in [7, 11) is 0. The fourth-order valence-electron chi connectivity index (χ4n) is 1.72. The number of fused-ring (bicyclic) bond motifs is 1. The smallest absolute Gasteiger partial charge is 0.213 e. The van der Waals surface area contributed by atoms with Crippen LogP contribution in [-0.2, 0) is 6.42 Å². The van der Waals surface area contributed by atoms with Crippen LogP contribution in [0.3, 0.4) is 0 Å². The first kappa shape index (κ1) is 10.7. The van der Waals surface area contributed by atoms with Crippen molar-refractivity contribution in [2.45, 2.75) is 6.42 Å². The molecule has 0 aliphatic carbocycles. The van der Waals surface area contributed by atoms with E-state index in [1.165, 1.54) is 11.3 Å². The molecule has 0 aliphatic rings. The van der Waals surface area contributed by atoms with Crippen molar-refractivity contribution in [3.05, 3.63) is 36.0 Å². The van der Waals surface area contributed by atoms with Crippen LogP contribution < -0.4 is 5.73 Å². The summed E-state index contributed by atoms with van der Waals surface area (Å²) < 4.78 is 2.67. The van der Waals surface area contributed by atoms with Crippen LogP contribution in [0.25, 0.3) is 15.3 Å². The quantitative estimate of drug-likeness (QED) is 0.760. The van der Waals surface area contributed by atoms with Gasteiger partial charge in [-0.05, 0) is 12.1 Å². The minimum atomic E-state index is 0.261. The number of hydrogen-bond acceptors (Lipinski definition) is 5. The molecule has 0 saturated carbocycles. The molecule has 0 aliphatic heterocycles. The molecule has 3 rings (SSSR count). The fourth-order valence-corrected chi connectivity index (χ4v) is 2.65. The van der Waals surface area contributed by atoms with Crippen molar-refractivity contribution < 1.29 is 0 Å². The lowest BCUT2D eigenvalue weighted by Gasteiger charge is -1.98. The fraction of sp³-hybridized carbons (Fsp3) is 0.0833. The third-order valence-corrected chi connectivity index (χ3v) is 3.63. The van der Waals surface area contributed by atoms with E-state index in [0.717, 1.165) is 20.9 Å². The lowest BCUT2D eigenvalue weighted by Crippen LogP contribution is -2.02. The standard InChI is InChI=1S/C12H9N5S/c13-6-5-8-7-15-17(11(8)14)12-16-9-3-1-2-4-10(9)18-12/h1-4,7H,5,14H2. The lowest BCUT2D eigenvalue weighted by molar-refractivity contribution is 0.883. The predicted molar refractivity (Wildman–Crippen MR) is 70.5 cm³/mol. The number of para-hydroxylation sites is 1. The number of nitrogens with two attached hydrogens (primary N) is 1. The highest BCUT2D eigenvalue weighted by Gasteiger charge is 2.12. The zero-order chi connectivity index (χ0) is 12.5. The monoisotopic (exact) mass is 255 g/mol. The first-order valence-corrected chi connectivity index (χ1v) is 6.16. The van der Waals surface area contributed by atoms with Crippen molar-refractivity contribution in [1.29, 1.82) is 5.26 Å². The van der Waals surface area contributed by atoms with E-state index in [1.807, 2.05) is 24.3 Å². The molecule has 5 nitrogen and oxygen atoms in total. The molecule has 2 N–H and O–H groups in total. The van der Waals surface area contributed by atoms with Gasteiger partial charge in [0, 0.05) is 5.56 Å². The Labute approximate surface area is 107 Å². The Morgan fingerprint density at radius 2 is 2.22 bits per heavy atom. The number of nitrogen functional groups attached to an aromatic ring is 1. The molecule has 0 atom stereocenters. The molecule has 0 spiro atoms. The van der Waals surface area contributed by atoms with E-state index < -0.39 is 0 Å². The summed E-state index contributed by atoms with van der Waals surface area (Å²) in [5, 5.41) is 13.6. The highest BCUT2D eigenvalue weighted by atomic mass is 32.1. The molecule has 3 aromatic rings. The number of anilines is 1. The van der Waals surface area contributed by atoms with Crippen molar-refractivity contribution in [3.63, 3.8) is 0 Å². The highest BCUT2D eigenvalue weighted by molar-refractivity contribution is 7.20. The van der Waals surface area contributed by atoms with E-state index in [2.05, 4.69) is 16.2 Å². The maximum absolute atomic E-state index is 8.68. The summed E-state index contributed by atoms with van der Waals surface area (Å²) in [6.07, 6.45) is 1.88. The number of rotatable bonds is 2. The maximum atomic E-state index is 8.68. The zero-order valence-corrected chi connectivity index (χ0v) is 10.2. The van der Waals surface area contributed by atoms with Crippen molar-refractivity contribution in [3.8, 4) is 11.2 Å². The molecule has 0 unspecified atom stereocenters. The van der Waals surface area contributed by atoms with E-state index in [-0.39, 0.29) is 6.42 Å². The number of nitrogens with zero attached hydrogens (tertiary/aromatic N) is 4. The molecule has 88 valence electrons. The average molecular weight is 255 g/mol. The van der Waals surface area contributed by atoms with Gasteiger partial charge >= 0.3 is 0 Å².